The second-order valence-electron chi connectivity index (χ2n) is 7.21. The molecule has 3 nitrogen and oxygen atoms in total. The van der Waals surface area contributed by atoms with Crippen molar-refractivity contribution in [1.82, 2.24) is 0 Å². The molecule has 0 heterocycles. The summed E-state index contributed by atoms with van der Waals surface area (Å²) in [5.74, 6) is 1.27. The Balaban J connectivity index is 1.96. The van der Waals surface area contributed by atoms with E-state index in [0.717, 1.165) is 38.5 Å². The summed E-state index contributed by atoms with van der Waals surface area (Å²) in [5, 5.41) is 0. The third-order valence-corrected chi connectivity index (χ3v) is 5.15. The van der Waals surface area contributed by atoms with E-state index in [9.17, 15) is 4.79 Å². The fraction of sp³-hybridized carbons (Fsp3) is 0.938. The topological polar surface area (TPSA) is 52.3 Å². The molecule has 4 atom stereocenters. The number of nitrogens with two attached hydrogens (primary N) is 1. The molecule has 0 saturated heterocycles. The molecule has 0 aliphatic heterocycles. The molecule has 4 unspecified atom stereocenters. The van der Waals surface area contributed by atoms with Gasteiger partial charge in [-0.15, -0.1) is 0 Å². The predicted molar refractivity (Wildman–Crippen MR) is 76.6 cm³/mol. The van der Waals surface area contributed by atoms with Crippen molar-refractivity contribution in [1.29, 1.82) is 0 Å². The van der Waals surface area contributed by atoms with Gasteiger partial charge in [0.2, 0.25) is 0 Å². The van der Waals surface area contributed by atoms with E-state index in [4.69, 9.17) is 10.5 Å². The number of ether oxygens (including phenoxy) is 1. The number of carbonyl (C=O) groups excluding carboxylic acids is 1. The Bertz CT molecular complexity index is 321. The van der Waals surface area contributed by atoms with Gasteiger partial charge in [0, 0.05) is 6.04 Å². The van der Waals surface area contributed by atoms with E-state index >= 15 is 0 Å². The molecule has 110 valence electrons. The maximum Gasteiger partial charge on any atom is 0.313 e. The zero-order valence-corrected chi connectivity index (χ0v) is 12.7. The van der Waals surface area contributed by atoms with E-state index in [1.807, 2.05) is 6.92 Å². The Morgan fingerprint density at radius 1 is 1.16 bits per heavy atom. The average Bonchev–Trinajstić information content (AvgIpc) is 2.31. The summed E-state index contributed by atoms with van der Waals surface area (Å²) in [4.78, 5) is 12.5. The van der Waals surface area contributed by atoms with Crippen molar-refractivity contribution in [2.45, 2.75) is 77.9 Å². The molecule has 3 heteroatoms. The van der Waals surface area contributed by atoms with E-state index in [2.05, 4.69) is 13.8 Å². The molecule has 0 aromatic rings. The molecule has 0 amide bonds. The van der Waals surface area contributed by atoms with Gasteiger partial charge in [-0.25, -0.2) is 0 Å². The summed E-state index contributed by atoms with van der Waals surface area (Å²) < 4.78 is 5.83. The first-order valence-corrected chi connectivity index (χ1v) is 7.88. The second kappa shape index (κ2) is 5.82. The van der Waals surface area contributed by atoms with Gasteiger partial charge in [-0.2, -0.15) is 0 Å². The minimum absolute atomic E-state index is 0.0350. The van der Waals surface area contributed by atoms with Gasteiger partial charge in [0.25, 0.3) is 0 Å². The summed E-state index contributed by atoms with van der Waals surface area (Å²) in [6.07, 6.45) is 7.46. The number of hydrogen-bond donors (Lipinski definition) is 1. The molecule has 2 fully saturated rings. The molecular weight excluding hydrogens is 238 g/mol. The average molecular weight is 267 g/mol. The normalized spacial score (nSPS) is 43.8. The molecule has 0 aromatic heterocycles. The van der Waals surface area contributed by atoms with E-state index in [1.165, 1.54) is 6.42 Å². The number of carbonyl (C=O) groups is 1. The molecule has 0 bridgehead atoms. The van der Waals surface area contributed by atoms with Gasteiger partial charge in [-0.1, -0.05) is 26.7 Å². The molecule has 19 heavy (non-hydrogen) atoms. The third kappa shape index (κ3) is 3.31. The van der Waals surface area contributed by atoms with E-state index in [1.54, 1.807) is 0 Å². The first-order chi connectivity index (χ1) is 8.91. The lowest BCUT2D eigenvalue weighted by Crippen LogP contribution is -2.49. The molecule has 2 N–H and O–H groups in total. The highest BCUT2D eigenvalue weighted by molar-refractivity contribution is 5.77. The van der Waals surface area contributed by atoms with Crippen LogP contribution in [-0.2, 0) is 9.53 Å². The second-order valence-corrected chi connectivity index (χ2v) is 7.21. The number of hydrogen-bond acceptors (Lipinski definition) is 3. The summed E-state index contributed by atoms with van der Waals surface area (Å²) in [5.41, 5.74) is 5.72. The van der Waals surface area contributed by atoms with Gasteiger partial charge in [0.1, 0.15) is 6.10 Å². The van der Waals surface area contributed by atoms with Crippen LogP contribution in [0.5, 0.6) is 0 Å². The summed E-state index contributed by atoms with van der Waals surface area (Å²) in [7, 11) is 0. The molecule has 2 saturated carbocycles. The van der Waals surface area contributed by atoms with Crippen molar-refractivity contribution < 1.29 is 9.53 Å². The standard InChI is InChI=1S/C16H29NO2/c1-11-8-12(2)10-13(9-11)19-15(18)16(3)7-5-4-6-14(16)17/h11-14H,4-10,17H2,1-3H3. The number of rotatable bonds is 2. The van der Waals surface area contributed by atoms with Crippen LogP contribution in [0.15, 0.2) is 0 Å². The highest BCUT2D eigenvalue weighted by Crippen LogP contribution is 2.38. The van der Waals surface area contributed by atoms with Crippen LogP contribution >= 0.6 is 0 Å². The van der Waals surface area contributed by atoms with Gasteiger partial charge >= 0.3 is 5.97 Å². The summed E-state index contributed by atoms with van der Waals surface area (Å²) in [6.45, 7) is 6.50. The quantitative estimate of drug-likeness (QED) is 0.781. The van der Waals surface area contributed by atoms with Crippen LogP contribution < -0.4 is 5.73 Å². The number of esters is 1. The van der Waals surface area contributed by atoms with Crippen molar-refractivity contribution in [2.75, 3.05) is 0 Å². The third-order valence-electron chi connectivity index (χ3n) is 5.15. The van der Waals surface area contributed by atoms with Crippen LogP contribution in [0.3, 0.4) is 0 Å². The van der Waals surface area contributed by atoms with Crippen molar-refractivity contribution in [2.24, 2.45) is 23.0 Å². The maximum absolute atomic E-state index is 12.5. The Hall–Kier alpha value is -0.570. The van der Waals surface area contributed by atoms with Crippen LogP contribution in [0, 0.1) is 17.3 Å². The van der Waals surface area contributed by atoms with Crippen LogP contribution in [-0.4, -0.2) is 18.1 Å². The zero-order chi connectivity index (χ0) is 14.0. The minimum atomic E-state index is -0.456. The smallest absolute Gasteiger partial charge is 0.313 e. The monoisotopic (exact) mass is 267 g/mol. The minimum Gasteiger partial charge on any atom is -0.462 e. The fourth-order valence-electron chi connectivity index (χ4n) is 3.87. The highest BCUT2D eigenvalue weighted by Gasteiger charge is 2.43. The van der Waals surface area contributed by atoms with Crippen LogP contribution in [0.2, 0.25) is 0 Å². The van der Waals surface area contributed by atoms with Crippen LogP contribution in [0.1, 0.15) is 65.7 Å². The van der Waals surface area contributed by atoms with Gasteiger partial charge in [0.15, 0.2) is 0 Å². The fourth-order valence-corrected chi connectivity index (χ4v) is 3.87. The Labute approximate surface area is 117 Å². The molecule has 2 aliphatic carbocycles. The lowest BCUT2D eigenvalue weighted by Gasteiger charge is -2.39. The maximum atomic E-state index is 12.5. The summed E-state index contributed by atoms with van der Waals surface area (Å²) in [6, 6.07) is -0.0350. The Morgan fingerprint density at radius 3 is 2.37 bits per heavy atom. The lowest BCUT2D eigenvalue weighted by molar-refractivity contribution is -0.166. The SMILES string of the molecule is CC1CC(C)CC(OC(=O)C2(C)CCCCC2N)C1. The van der Waals surface area contributed by atoms with Crippen molar-refractivity contribution in [3.8, 4) is 0 Å². The lowest BCUT2D eigenvalue weighted by atomic mass is 9.72. The van der Waals surface area contributed by atoms with E-state index in [-0.39, 0.29) is 18.1 Å². The molecule has 0 spiro atoms. The molecule has 0 radical (unpaired) electrons. The first kappa shape index (κ1) is 14.8. The van der Waals surface area contributed by atoms with Crippen LogP contribution in [0.4, 0.5) is 0 Å². The Morgan fingerprint density at radius 2 is 1.79 bits per heavy atom. The zero-order valence-electron chi connectivity index (χ0n) is 12.7. The predicted octanol–water partition coefficient (Wildman–Crippen LogP) is 3.26. The first-order valence-electron chi connectivity index (χ1n) is 7.88. The largest absolute Gasteiger partial charge is 0.462 e. The van der Waals surface area contributed by atoms with Crippen molar-refractivity contribution in [3.05, 3.63) is 0 Å². The van der Waals surface area contributed by atoms with Crippen molar-refractivity contribution in [3.63, 3.8) is 0 Å². The molecule has 2 rings (SSSR count). The molecule has 0 aromatic carbocycles. The van der Waals surface area contributed by atoms with E-state index in [0.29, 0.717) is 11.8 Å². The van der Waals surface area contributed by atoms with E-state index < -0.39 is 5.41 Å². The Kier molecular flexibility index (Phi) is 4.54. The van der Waals surface area contributed by atoms with Gasteiger partial charge < -0.3 is 10.5 Å². The molecule has 2 aliphatic rings. The highest BCUT2D eigenvalue weighted by atomic mass is 16.5. The molecular formula is C16H29NO2. The summed E-state index contributed by atoms with van der Waals surface area (Å²) >= 11 is 0. The van der Waals surface area contributed by atoms with Gasteiger partial charge in [0.05, 0.1) is 5.41 Å². The van der Waals surface area contributed by atoms with Crippen molar-refractivity contribution >= 4 is 5.97 Å². The van der Waals surface area contributed by atoms with Gasteiger partial charge in [-0.3, -0.25) is 4.79 Å². The van der Waals surface area contributed by atoms with Gasteiger partial charge in [-0.05, 0) is 50.9 Å². The van der Waals surface area contributed by atoms with Crippen LogP contribution in [0.25, 0.3) is 0 Å².